The Labute approximate surface area is 147 Å². The number of hydrogen-bond donors (Lipinski definition) is 3. The van der Waals surface area contributed by atoms with Crippen LogP contribution in [0.1, 0.15) is 51.9 Å². The van der Waals surface area contributed by atoms with E-state index in [1.54, 1.807) is 0 Å². The quantitative estimate of drug-likeness (QED) is 0.678. The zero-order valence-corrected chi connectivity index (χ0v) is 14.6. The molecule has 1 saturated heterocycles. The fourth-order valence-corrected chi connectivity index (χ4v) is 4.15. The molecule has 2 atom stereocenters. The SMILES string of the molecule is CC1([C@@H]2CCC(=O)NC2=O)C=CC(NC2CCC(C(=O)O)CC2)=CC1. The lowest BCUT2D eigenvalue weighted by Gasteiger charge is -2.38. The standard InChI is InChI=1S/C19H26N2O4/c1-19(15-6-7-16(22)21-17(15)23)10-8-14(9-11-19)20-13-4-2-12(3-5-13)18(24)25/h8-10,12-13,15,20H,2-7,11H2,1H3,(H,24,25)(H,21,22,23)/t12?,13?,15-,19?/m1/s1. The summed E-state index contributed by atoms with van der Waals surface area (Å²) >= 11 is 0. The van der Waals surface area contributed by atoms with Crippen molar-refractivity contribution in [1.29, 1.82) is 0 Å². The molecule has 25 heavy (non-hydrogen) atoms. The van der Waals surface area contributed by atoms with Gasteiger partial charge in [0.1, 0.15) is 0 Å². The lowest BCUT2D eigenvalue weighted by molar-refractivity contribution is -0.143. The molecular formula is C19H26N2O4. The summed E-state index contributed by atoms with van der Waals surface area (Å²) in [4.78, 5) is 34.5. The Kier molecular flexibility index (Phi) is 4.97. The van der Waals surface area contributed by atoms with Crippen LogP contribution in [0, 0.1) is 17.3 Å². The van der Waals surface area contributed by atoms with Crippen molar-refractivity contribution in [3.8, 4) is 0 Å². The number of carboxylic acid groups (broad SMARTS) is 1. The normalized spacial score (nSPS) is 35.7. The molecule has 0 aromatic carbocycles. The molecule has 0 aromatic heterocycles. The Morgan fingerprint density at radius 1 is 1.24 bits per heavy atom. The molecule has 1 saturated carbocycles. The molecule has 136 valence electrons. The molecule has 1 aliphatic heterocycles. The van der Waals surface area contributed by atoms with Gasteiger partial charge < -0.3 is 10.4 Å². The van der Waals surface area contributed by atoms with Crippen molar-refractivity contribution >= 4 is 17.8 Å². The van der Waals surface area contributed by atoms with E-state index in [0.29, 0.717) is 18.9 Å². The maximum atomic E-state index is 12.1. The fourth-order valence-electron chi connectivity index (χ4n) is 4.15. The molecule has 2 amide bonds. The van der Waals surface area contributed by atoms with Gasteiger partial charge in [0.05, 0.1) is 5.92 Å². The van der Waals surface area contributed by atoms with Crippen LogP contribution in [-0.2, 0) is 14.4 Å². The Bertz CT molecular complexity index is 631. The molecule has 1 heterocycles. The molecule has 0 aromatic rings. The van der Waals surface area contributed by atoms with Gasteiger partial charge in [-0.15, -0.1) is 0 Å². The van der Waals surface area contributed by atoms with Crippen molar-refractivity contribution < 1.29 is 19.5 Å². The first kappa shape index (κ1) is 17.7. The number of carbonyl (C=O) groups excluding carboxylic acids is 2. The molecule has 6 nitrogen and oxygen atoms in total. The van der Waals surface area contributed by atoms with Crippen molar-refractivity contribution in [2.45, 2.75) is 57.9 Å². The van der Waals surface area contributed by atoms with Crippen LogP contribution in [0.3, 0.4) is 0 Å². The summed E-state index contributed by atoms with van der Waals surface area (Å²) in [6.45, 7) is 2.06. The average molecular weight is 346 g/mol. The summed E-state index contributed by atoms with van der Waals surface area (Å²) in [6.07, 6.45) is 11.2. The summed E-state index contributed by atoms with van der Waals surface area (Å²) < 4.78 is 0. The number of aliphatic carboxylic acids is 1. The summed E-state index contributed by atoms with van der Waals surface area (Å²) in [5.41, 5.74) is 0.778. The predicted octanol–water partition coefficient (Wildman–Crippen LogP) is 2.12. The summed E-state index contributed by atoms with van der Waals surface area (Å²) in [5.74, 6) is -1.41. The monoisotopic (exact) mass is 346 g/mol. The second kappa shape index (κ2) is 7.02. The Hall–Kier alpha value is -2.11. The van der Waals surface area contributed by atoms with Crippen LogP contribution in [0.15, 0.2) is 23.9 Å². The second-order valence-electron chi connectivity index (χ2n) is 7.74. The molecule has 1 unspecified atom stereocenters. The van der Waals surface area contributed by atoms with Crippen LogP contribution in [0.2, 0.25) is 0 Å². The van der Waals surface area contributed by atoms with Crippen LogP contribution in [0.5, 0.6) is 0 Å². The van der Waals surface area contributed by atoms with E-state index in [9.17, 15) is 14.4 Å². The van der Waals surface area contributed by atoms with Crippen LogP contribution in [0.4, 0.5) is 0 Å². The Morgan fingerprint density at radius 3 is 2.52 bits per heavy atom. The molecular weight excluding hydrogens is 320 g/mol. The van der Waals surface area contributed by atoms with E-state index in [4.69, 9.17) is 5.11 Å². The van der Waals surface area contributed by atoms with Crippen LogP contribution < -0.4 is 10.6 Å². The number of carbonyl (C=O) groups is 3. The molecule has 2 aliphatic carbocycles. The summed E-state index contributed by atoms with van der Waals surface area (Å²) in [6, 6.07) is 0.312. The number of piperidine rings is 1. The van der Waals surface area contributed by atoms with E-state index in [0.717, 1.165) is 37.8 Å². The number of imide groups is 1. The van der Waals surface area contributed by atoms with Gasteiger partial charge in [-0.25, -0.2) is 0 Å². The van der Waals surface area contributed by atoms with Crippen LogP contribution in [-0.4, -0.2) is 28.9 Å². The third-order valence-corrected chi connectivity index (χ3v) is 5.89. The third kappa shape index (κ3) is 3.94. The predicted molar refractivity (Wildman–Crippen MR) is 92.3 cm³/mol. The molecule has 3 rings (SSSR count). The van der Waals surface area contributed by atoms with Gasteiger partial charge in [-0.05, 0) is 44.6 Å². The molecule has 3 aliphatic rings. The minimum Gasteiger partial charge on any atom is -0.481 e. The molecule has 6 heteroatoms. The largest absolute Gasteiger partial charge is 0.481 e. The van der Waals surface area contributed by atoms with Crippen molar-refractivity contribution in [1.82, 2.24) is 10.6 Å². The highest BCUT2D eigenvalue weighted by Gasteiger charge is 2.40. The van der Waals surface area contributed by atoms with E-state index in [-0.39, 0.29) is 29.1 Å². The zero-order chi connectivity index (χ0) is 18.0. The fraction of sp³-hybridized carbons (Fsp3) is 0.632. The van der Waals surface area contributed by atoms with E-state index >= 15 is 0 Å². The number of amides is 2. The smallest absolute Gasteiger partial charge is 0.306 e. The first-order valence-corrected chi connectivity index (χ1v) is 9.10. The highest BCUT2D eigenvalue weighted by Crippen LogP contribution is 2.40. The highest BCUT2D eigenvalue weighted by atomic mass is 16.4. The third-order valence-electron chi connectivity index (χ3n) is 5.89. The minimum atomic E-state index is -0.685. The van der Waals surface area contributed by atoms with Gasteiger partial charge in [-0.2, -0.15) is 0 Å². The van der Waals surface area contributed by atoms with Crippen molar-refractivity contribution in [3.63, 3.8) is 0 Å². The van der Waals surface area contributed by atoms with Crippen molar-refractivity contribution in [2.24, 2.45) is 17.3 Å². The second-order valence-corrected chi connectivity index (χ2v) is 7.74. The minimum absolute atomic E-state index is 0.166. The van der Waals surface area contributed by atoms with Gasteiger partial charge in [0, 0.05) is 29.5 Å². The summed E-state index contributed by atoms with van der Waals surface area (Å²) in [7, 11) is 0. The highest BCUT2D eigenvalue weighted by molar-refractivity contribution is 5.99. The molecule has 0 bridgehead atoms. The maximum Gasteiger partial charge on any atom is 0.306 e. The van der Waals surface area contributed by atoms with E-state index < -0.39 is 5.97 Å². The zero-order valence-electron chi connectivity index (χ0n) is 14.6. The van der Waals surface area contributed by atoms with Crippen molar-refractivity contribution in [2.75, 3.05) is 0 Å². The van der Waals surface area contributed by atoms with E-state index in [2.05, 4.69) is 29.7 Å². The van der Waals surface area contributed by atoms with E-state index in [1.165, 1.54) is 0 Å². The van der Waals surface area contributed by atoms with Crippen molar-refractivity contribution in [3.05, 3.63) is 23.9 Å². The molecule has 2 fully saturated rings. The number of carboxylic acids is 1. The van der Waals surface area contributed by atoms with Gasteiger partial charge in [0.15, 0.2) is 0 Å². The average Bonchev–Trinajstić information content (AvgIpc) is 2.57. The van der Waals surface area contributed by atoms with Gasteiger partial charge >= 0.3 is 5.97 Å². The number of rotatable bonds is 4. The van der Waals surface area contributed by atoms with Crippen LogP contribution in [0.25, 0.3) is 0 Å². The number of hydrogen-bond acceptors (Lipinski definition) is 4. The molecule has 0 spiro atoms. The van der Waals surface area contributed by atoms with Gasteiger partial charge in [-0.1, -0.05) is 19.1 Å². The van der Waals surface area contributed by atoms with Gasteiger partial charge in [-0.3, -0.25) is 19.7 Å². The number of allylic oxidation sites excluding steroid dienone is 3. The van der Waals surface area contributed by atoms with E-state index in [1.807, 2.05) is 6.08 Å². The Balaban J connectivity index is 1.54. The first-order valence-electron chi connectivity index (χ1n) is 9.10. The Morgan fingerprint density at radius 2 is 1.96 bits per heavy atom. The first-order chi connectivity index (χ1) is 11.9. The van der Waals surface area contributed by atoms with Gasteiger partial charge in [0.2, 0.25) is 11.8 Å². The van der Waals surface area contributed by atoms with Gasteiger partial charge in [0.25, 0.3) is 0 Å². The number of nitrogens with one attached hydrogen (secondary N) is 2. The lowest BCUT2D eigenvalue weighted by Crippen LogP contribution is -2.47. The summed E-state index contributed by atoms with van der Waals surface area (Å²) in [5, 5.41) is 15.0. The maximum absolute atomic E-state index is 12.1. The molecule has 0 radical (unpaired) electrons. The lowest BCUT2D eigenvalue weighted by atomic mass is 9.69. The topological polar surface area (TPSA) is 95.5 Å². The van der Waals surface area contributed by atoms with Crippen LogP contribution >= 0.6 is 0 Å². The molecule has 3 N–H and O–H groups in total.